The summed E-state index contributed by atoms with van der Waals surface area (Å²) >= 11 is 0. The van der Waals surface area contributed by atoms with Crippen molar-refractivity contribution >= 4 is 0 Å². The van der Waals surface area contributed by atoms with Crippen LogP contribution < -0.4 is 10.1 Å². The molecule has 1 aliphatic carbocycles. The van der Waals surface area contributed by atoms with E-state index in [4.69, 9.17) is 9.15 Å². The van der Waals surface area contributed by atoms with E-state index in [1.165, 1.54) is 19.3 Å². The third-order valence-corrected chi connectivity index (χ3v) is 3.24. The van der Waals surface area contributed by atoms with Crippen molar-refractivity contribution in [2.45, 2.75) is 45.6 Å². The number of rotatable bonds is 8. The number of hydrogen-bond donors (Lipinski definition) is 1. The van der Waals surface area contributed by atoms with E-state index >= 15 is 0 Å². The fraction of sp³-hybridized carbons (Fsp3) is 0.769. The molecule has 0 atom stereocenters. The van der Waals surface area contributed by atoms with Gasteiger partial charge in [-0.3, -0.25) is 0 Å². The van der Waals surface area contributed by atoms with Crippen molar-refractivity contribution in [1.29, 1.82) is 0 Å². The minimum absolute atomic E-state index is 0.414. The van der Waals surface area contributed by atoms with E-state index in [0.717, 1.165) is 44.1 Å². The molecule has 96 valence electrons. The van der Waals surface area contributed by atoms with Gasteiger partial charge in [-0.2, -0.15) is 4.98 Å². The fourth-order valence-corrected chi connectivity index (χ4v) is 1.92. The smallest absolute Gasteiger partial charge is 0.393 e. The van der Waals surface area contributed by atoms with Gasteiger partial charge in [0.25, 0.3) is 0 Å². The van der Waals surface area contributed by atoms with Gasteiger partial charge in [-0.25, -0.2) is 0 Å². The normalized spacial score (nSPS) is 15.8. The SMILES string of the molecule is CCCNCc1coc(OCCC2CCC2)n1. The van der Waals surface area contributed by atoms with Crippen molar-refractivity contribution in [2.75, 3.05) is 13.2 Å². The summed E-state index contributed by atoms with van der Waals surface area (Å²) in [5, 5.41) is 3.28. The third kappa shape index (κ3) is 4.04. The van der Waals surface area contributed by atoms with Crippen molar-refractivity contribution in [3.8, 4) is 6.08 Å². The van der Waals surface area contributed by atoms with E-state index in [9.17, 15) is 0 Å². The number of aromatic nitrogens is 1. The van der Waals surface area contributed by atoms with Crippen molar-refractivity contribution in [2.24, 2.45) is 5.92 Å². The molecule has 1 aromatic rings. The molecule has 4 heteroatoms. The summed E-state index contributed by atoms with van der Waals surface area (Å²) in [5.41, 5.74) is 0.914. The maximum atomic E-state index is 5.49. The number of oxazole rings is 1. The summed E-state index contributed by atoms with van der Waals surface area (Å²) in [7, 11) is 0. The lowest BCUT2D eigenvalue weighted by molar-refractivity contribution is 0.183. The van der Waals surface area contributed by atoms with E-state index in [-0.39, 0.29) is 0 Å². The largest absolute Gasteiger partial charge is 0.450 e. The molecule has 0 aliphatic heterocycles. The lowest BCUT2D eigenvalue weighted by Crippen LogP contribution is -2.15. The van der Waals surface area contributed by atoms with Gasteiger partial charge in [0, 0.05) is 6.54 Å². The molecule has 1 fully saturated rings. The van der Waals surface area contributed by atoms with Crippen molar-refractivity contribution < 1.29 is 9.15 Å². The van der Waals surface area contributed by atoms with Crippen LogP contribution in [0.1, 0.15) is 44.7 Å². The lowest BCUT2D eigenvalue weighted by Gasteiger charge is -2.24. The maximum absolute atomic E-state index is 5.49. The van der Waals surface area contributed by atoms with Gasteiger partial charge in [-0.05, 0) is 25.3 Å². The van der Waals surface area contributed by atoms with Gasteiger partial charge in [0.05, 0.1) is 12.3 Å². The number of nitrogens with one attached hydrogen (secondary N) is 1. The summed E-state index contributed by atoms with van der Waals surface area (Å²) in [5.74, 6) is 0.871. The highest BCUT2D eigenvalue weighted by Crippen LogP contribution is 2.29. The van der Waals surface area contributed by atoms with Crippen LogP contribution in [0.25, 0.3) is 0 Å². The number of ether oxygens (including phenoxy) is 1. The predicted molar refractivity (Wildman–Crippen MR) is 66.0 cm³/mol. The third-order valence-electron chi connectivity index (χ3n) is 3.24. The average molecular weight is 238 g/mol. The highest BCUT2D eigenvalue weighted by Gasteiger charge is 2.17. The summed E-state index contributed by atoms with van der Waals surface area (Å²) in [4.78, 5) is 4.27. The molecule has 1 N–H and O–H groups in total. The standard InChI is InChI=1S/C13H22N2O2/c1-2-7-14-9-12-10-17-13(15-12)16-8-6-11-4-3-5-11/h10-11,14H,2-9H2,1H3. The molecule has 2 rings (SSSR count). The van der Waals surface area contributed by atoms with Crippen LogP contribution in [0, 0.1) is 5.92 Å². The molecule has 1 aliphatic rings. The van der Waals surface area contributed by atoms with Crippen LogP contribution in [0.15, 0.2) is 10.7 Å². The van der Waals surface area contributed by atoms with E-state index in [0.29, 0.717) is 6.08 Å². The molecule has 1 saturated carbocycles. The Morgan fingerprint density at radius 2 is 2.41 bits per heavy atom. The molecule has 0 saturated heterocycles. The van der Waals surface area contributed by atoms with Crippen molar-refractivity contribution in [1.82, 2.24) is 10.3 Å². The van der Waals surface area contributed by atoms with Crippen molar-refractivity contribution in [3.63, 3.8) is 0 Å². The zero-order valence-corrected chi connectivity index (χ0v) is 10.6. The summed E-state index contributed by atoms with van der Waals surface area (Å²) in [6, 6.07) is 0. The Morgan fingerprint density at radius 3 is 3.12 bits per heavy atom. The molecule has 0 bridgehead atoms. The van der Waals surface area contributed by atoms with Gasteiger partial charge < -0.3 is 14.5 Å². The van der Waals surface area contributed by atoms with E-state index in [1.54, 1.807) is 6.26 Å². The monoisotopic (exact) mass is 238 g/mol. The van der Waals surface area contributed by atoms with Gasteiger partial charge in [0.2, 0.25) is 0 Å². The molecule has 1 heterocycles. The first-order valence-electron chi connectivity index (χ1n) is 6.66. The first-order chi connectivity index (χ1) is 8.38. The molecular weight excluding hydrogens is 216 g/mol. The van der Waals surface area contributed by atoms with Gasteiger partial charge >= 0.3 is 6.08 Å². The molecule has 0 radical (unpaired) electrons. The van der Waals surface area contributed by atoms with Crippen LogP contribution in [-0.4, -0.2) is 18.1 Å². The first-order valence-corrected chi connectivity index (χ1v) is 6.66. The molecular formula is C13H22N2O2. The van der Waals surface area contributed by atoms with Crippen LogP contribution in [0.2, 0.25) is 0 Å². The van der Waals surface area contributed by atoms with Gasteiger partial charge in [-0.15, -0.1) is 0 Å². The van der Waals surface area contributed by atoms with Crippen LogP contribution in [0.3, 0.4) is 0 Å². The fourth-order valence-electron chi connectivity index (χ4n) is 1.92. The van der Waals surface area contributed by atoms with Gasteiger partial charge in [0.15, 0.2) is 0 Å². The second kappa shape index (κ2) is 6.64. The Morgan fingerprint density at radius 1 is 1.53 bits per heavy atom. The maximum Gasteiger partial charge on any atom is 0.393 e. The second-order valence-corrected chi connectivity index (χ2v) is 4.72. The van der Waals surface area contributed by atoms with Gasteiger partial charge in [-0.1, -0.05) is 26.2 Å². The summed E-state index contributed by atoms with van der Waals surface area (Å²) in [6.45, 7) is 4.63. The number of hydrogen-bond acceptors (Lipinski definition) is 4. The first kappa shape index (κ1) is 12.4. The molecule has 17 heavy (non-hydrogen) atoms. The molecule has 1 aromatic heterocycles. The Kier molecular flexibility index (Phi) is 4.86. The van der Waals surface area contributed by atoms with Crippen LogP contribution >= 0.6 is 0 Å². The van der Waals surface area contributed by atoms with Crippen LogP contribution in [-0.2, 0) is 6.54 Å². The van der Waals surface area contributed by atoms with Crippen molar-refractivity contribution in [3.05, 3.63) is 12.0 Å². The second-order valence-electron chi connectivity index (χ2n) is 4.72. The Labute approximate surface area is 103 Å². The minimum Gasteiger partial charge on any atom is -0.450 e. The molecule has 0 unspecified atom stereocenters. The number of nitrogens with zero attached hydrogens (tertiary/aromatic N) is 1. The van der Waals surface area contributed by atoms with E-state index in [1.807, 2.05) is 0 Å². The zero-order chi connectivity index (χ0) is 11.9. The highest BCUT2D eigenvalue weighted by molar-refractivity contribution is 4.99. The molecule has 0 aromatic carbocycles. The molecule has 0 spiro atoms. The van der Waals surface area contributed by atoms with E-state index in [2.05, 4.69) is 17.2 Å². The zero-order valence-electron chi connectivity index (χ0n) is 10.6. The van der Waals surface area contributed by atoms with Gasteiger partial charge in [0.1, 0.15) is 6.26 Å². The Hall–Kier alpha value is -1.03. The topological polar surface area (TPSA) is 47.3 Å². The van der Waals surface area contributed by atoms with Crippen LogP contribution in [0.5, 0.6) is 6.08 Å². The quantitative estimate of drug-likeness (QED) is 0.707. The Bertz CT molecular complexity index is 321. The average Bonchev–Trinajstić information content (AvgIpc) is 2.70. The summed E-state index contributed by atoms with van der Waals surface area (Å²) in [6.07, 6.45) is 8.45. The molecule has 4 nitrogen and oxygen atoms in total. The highest BCUT2D eigenvalue weighted by atomic mass is 16.6. The molecule has 0 amide bonds. The predicted octanol–water partition coefficient (Wildman–Crippen LogP) is 2.74. The Balaban J connectivity index is 1.62. The minimum atomic E-state index is 0.414. The van der Waals surface area contributed by atoms with E-state index < -0.39 is 0 Å². The van der Waals surface area contributed by atoms with Crippen LogP contribution in [0.4, 0.5) is 0 Å². The lowest BCUT2D eigenvalue weighted by atomic mass is 9.83. The summed E-state index contributed by atoms with van der Waals surface area (Å²) < 4.78 is 10.7.